The van der Waals surface area contributed by atoms with Gasteiger partial charge in [-0.15, -0.1) is 11.3 Å². The van der Waals surface area contributed by atoms with Crippen LogP contribution >= 0.6 is 11.3 Å². The zero-order chi connectivity index (χ0) is 12.9. The van der Waals surface area contributed by atoms with E-state index >= 15 is 0 Å². The molecule has 4 nitrogen and oxygen atoms in total. The standard InChI is InChI=1S/C12H19NO3S/c1-12(2,3)16-11(15)13(6-7-14)9-10-5-4-8-17-10/h4-5,8,14H,6-7,9H2,1-3H3. The maximum Gasteiger partial charge on any atom is 0.410 e. The number of nitrogens with zero attached hydrogens (tertiary/aromatic N) is 1. The maximum absolute atomic E-state index is 11.9. The Morgan fingerprint density at radius 3 is 2.71 bits per heavy atom. The molecule has 0 fully saturated rings. The highest BCUT2D eigenvalue weighted by Crippen LogP contribution is 2.15. The number of hydrogen-bond acceptors (Lipinski definition) is 4. The third kappa shape index (κ3) is 5.19. The van der Waals surface area contributed by atoms with Crippen molar-refractivity contribution in [3.05, 3.63) is 22.4 Å². The highest BCUT2D eigenvalue weighted by Gasteiger charge is 2.22. The number of rotatable bonds is 4. The molecule has 0 saturated heterocycles. The van der Waals surface area contributed by atoms with Crippen LogP contribution in [0.15, 0.2) is 17.5 Å². The van der Waals surface area contributed by atoms with Gasteiger partial charge in [-0.3, -0.25) is 0 Å². The van der Waals surface area contributed by atoms with Crippen molar-refractivity contribution < 1.29 is 14.6 Å². The molecule has 0 aliphatic rings. The van der Waals surface area contributed by atoms with E-state index in [1.807, 2.05) is 38.3 Å². The number of carbonyl (C=O) groups is 1. The van der Waals surface area contributed by atoms with Gasteiger partial charge in [0.1, 0.15) is 5.60 Å². The van der Waals surface area contributed by atoms with Crippen LogP contribution in [0, 0.1) is 0 Å². The number of aliphatic hydroxyl groups is 1. The van der Waals surface area contributed by atoms with Crippen molar-refractivity contribution in [1.82, 2.24) is 4.90 Å². The molecule has 17 heavy (non-hydrogen) atoms. The Morgan fingerprint density at radius 2 is 2.24 bits per heavy atom. The highest BCUT2D eigenvalue weighted by molar-refractivity contribution is 7.09. The third-order valence-electron chi connectivity index (χ3n) is 1.95. The van der Waals surface area contributed by atoms with E-state index in [1.54, 1.807) is 11.3 Å². The number of hydrogen-bond donors (Lipinski definition) is 1. The van der Waals surface area contributed by atoms with E-state index in [-0.39, 0.29) is 19.2 Å². The van der Waals surface area contributed by atoms with Gasteiger partial charge in [-0.25, -0.2) is 4.79 Å². The molecule has 5 heteroatoms. The SMILES string of the molecule is CC(C)(C)OC(=O)N(CCO)Cc1cccs1. The first-order valence-electron chi connectivity index (χ1n) is 5.53. The molecule has 0 spiro atoms. The molecule has 0 radical (unpaired) electrons. The summed E-state index contributed by atoms with van der Waals surface area (Å²) in [6.07, 6.45) is -0.389. The van der Waals surface area contributed by atoms with Gasteiger partial charge in [0.25, 0.3) is 0 Å². The number of aliphatic hydroxyl groups excluding tert-OH is 1. The van der Waals surface area contributed by atoms with Gasteiger partial charge in [0.2, 0.25) is 0 Å². The highest BCUT2D eigenvalue weighted by atomic mass is 32.1. The first-order valence-corrected chi connectivity index (χ1v) is 6.41. The molecular formula is C12H19NO3S. The van der Waals surface area contributed by atoms with Crippen molar-refractivity contribution >= 4 is 17.4 Å². The molecule has 1 heterocycles. The van der Waals surface area contributed by atoms with Crippen LogP contribution in [0.1, 0.15) is 25.6 Å². The molecule has 0 bridgehead atoms. The van der Waals surface area contributed by atoms with Crippen LogP contribution in [0.4, 0.5) is 4.79 Å². The van der Waals surface area contributed by atoms with Gasteiger partial charge in [-0.05, 0) is 32.2 Å². The Morgan fingerprint density at radius 1 is 1.53 bits per heavy atom. The van der Waals surface area contributed by atoms with Gasteiger partial charge < -0.3 is 14.7 Å². The number of carbonyl (C=O) groups excluding carboxylic acids is 1. The predicted octanol–water partition coefficient (Wildman–Crippen LogP) is 2.48. The van der Waals surface area contributed by atoms with Gasteiger partial charge in [-0.1, -0.05) is 6.07 Å². The molecule has 96 valence electrons. The Hall–Kier alpha value is -1.07. The van der Waals surface area contributed by atoms with Crippen molar-refractivity contribution in [2.24, 2.45) is 0 Å². The molecule has 0 aliphatic heterocycles. The third-order valence-corrected chi connectivity index (χ3v) is 2.81. The minimum Gasteiger partial charge on any atom is -0.444 e. The van der Waals surface area contributed by atoms with Crippen molar-refractivity contribution in [3.8, 4) is 0 Å². The van der Waals surface area contributed by atoms with Gasteiger partial charge in [0, 0.05) is 11.4 Å². The molecule has 1 aromatic heterocycles. The molecule has 0 unspecified atom stereocenters. The van der Waals surface area contributed by atoms with Crippen molar-refractivity contribution in [2.45, 2.75) is 32.9 Å². The van der Waals surface area contributed by atoms with Gasteiger partial charge in [-0.2, -0.15) is 0 Å². The minimum absolute atomic E-state index is 0.0649. The first kappa shape index (κ1) is 14.0. The average Bonchev–Trinajstić information content (AvgIpc) is 2.67. The second-order valence-corrected chi connectivity index (χ2v) is 5.74. The average molecular weight is 257 g/mol. The van der Waals surface area contributed by atoms with Crippen LogP contribution in [0.5, 0.6) is 0 Å². The fourth-order valence-corrected chi connectivity index (χ4v) is 1.99. The van der Waals surface area contributed by atoms with Crippen molar-refractivity contribution in [1.29, 1.82) is 0 Å². The summed E-state index contributed by atoms with van der Waals surface area (Å²) in [6.45, 7) is 6.18. The van der Waals surface area contributed by atoms with E-state index in [0.717, 1.165) is 4.88 Å². The lowest BCUT2D eigenvalue weighted by Gasteiger charge is -2.26. The number of ether oxygens (including phenoxy) is 1. The smallest absolute Gasteiger partial charge is 0.410 e. The van der Waals surface area contributed by atoms with E-state index in [4.69, 9.17) is 9.84 Å². The Balaban J connectivity index is 2.62. The van der Waals surface area contributed by atoms with Crippen LogP contribution in [-0.4, -0.2) is 34.9 Å². The second-order valence-electron chi connectivity index (χ2n) is 4.70. The Labute approximate surface area is 106 Å². The van der Waals surface area contributed by atoms with E-state index in [0.29, 0.717) is 6.54 Å². The summed E-state index contributed by atoms with van der Waals surface area (Å²) in [7, 11) is 0. The fourth-order valence-electron chi connectivity index (χ4n) is 1.27. The van der Waals surface area contributed by atoms with Crippen LogP contribution in [0.2, 0.25) is 0 Å². The summed E-state index contributed by atoms with van der Waals surface area (Å²) in [5, 5.41) is 10.9. The minimum atomic E-state index is -0.514. The molecule has 1 aromatic rings. The summed E-state index contributed by atoms with van der Waals surface area (Å²) < 4.78 is 5.28. The normalized spacial score (nSPS) is 11.3. The molecule has 0 aliphatic carbocycles. The molecule has 0 saturated carbocycles. The first-order chi connectivity index (χ1) is 7.92. The van der Waals surface area contributed by atoms with Gasteiger partial charge in [0.15, 0.2) is 0 Å². The number of amides is 1. The van der Waals surface area contributed by atoms with Crippen molar-refractivity contribution in [3.63, 3.8) is 0 Å². The van der Waals surface area contributed by atoms with Crippen molar-refractivity contribution in [2.75, 3.05) is 13.2 Å². The zero-order valence-electron chi connectivity index (χ0n) is 10.5. The van der Waals surface area contributed by atoms with Crippen LogP contribution in [0.25, 0.3) is 0 Å². The molecule has 0 aromatic carbocycles. The number of thiophene rings is 1. The lowest BCUT2D eigenvalue weighted by atomic mass is 10.2. The quantitative estimate of drug-likeness (QED) is 0.901. The maximum atomic E-state index is 11.9. The monoisotopic (exact) mass is 257 g/mol. The molecular weight excluding hydrogens is 238 g/mol. The molecule has 1 rings (SSSR count). The Kier molecular flexibility index (Phi) is 4.96. The van der Waals surface area contributed by atoms with E-state index in [9.17, 15) is 4.79 Å². The second kappa shape index (κ2) is 6.02. The topological polar surface area (TPSA) is 49.8 Å². The molecule has 1 N–H and O–H groups in total. The lowest BCUT2D eigenvalue weighted by molar-refractivity contribution is 0.0203. The molecule has 0 atom stereocenters. The zero-order valence-corrected chi connectivity index (χ0v) is 11.3. The van der Waals surface area contributed by atoms with E-state index in [2.05, 4.69) is 0 Å². The summed E-state index contributed by atoms with van der Waals surface area (Å²) in [6, 6.07) is 3.89. The van der Waals surface area contributed by atoms with Crippen LogP contribution in [-0.2, 0) is 11.3 Å². The summed E-state index contributed by atoms with van der Waals surface area (Å²) in [5.41, 5.74) is -0.514. The van der Waals surface area contributed by atoms with Gasteiger partial charge in [0.05, 0.1) is 13.2 Å². The fraction of sp³-hybridized carbons (Fsp3) is 0.583. The molecule has 1 amide bonds. The largest absolute Gasteiger partial charge is 0.444 e. The lowest BCUT2D eigenvalue weighted by Crippen LogP contribution is -2.37. The predicted molar refractivity (Wildman–Crippen MR) is 68.0 cm³/mol. The summed E-state index contributed by atoms with van der Waals surface area (Å²) >= 11 is 1.58. The van der Waals surface area contributed by atoms with Gasteiger partial charge >= 0.3 is 6.09 Å². The van der Waals surface area contributed by atoms with Crippen LogP contribution < -0.4 is 0 Å². The van der Waals surface area contributed by atoms with Crippen LogP contribution in [0.3, 0.4) is 0 Å². The summed E-state index contributed by atoms with van der Waals surface area (Å²) in [5.74, 6) is 0. The summed E-state index contributed by atoms with van der Waals surface area (Å²) in [4.78, 5) is 14.5. The van der Waals surface area contributed by atoms with E-state index < -0.39 is 5.60 Å². The van der Waals surface area contributed by atoms with E-state index in [1.165, 1.54) is 4.90 Å². The Bertz CT molecular complexity index is 343.